The molecule has 0 spiro atoms. The molecule has 1 aromatic rings. The Bertz CT molecular complexity index is 536. The molecule has 0 amide bonds. The highest BCUT2D eigenvalue weighted by molar-refractivity contribution is 14.0. The van der Waals surface area contributed by atoms with Gasteiger partial charge in [-0.05, 0) is 19.4 Å². The Labute approximate surface area is 174 Å². The maximum absolute atomic E-state index is 5.52. The Morgan fingerprint density at radius 1 is 1.31 bits per heavy atom. The maximum atomic E-state index is 5.52. The molecule has 0 radical (unpaired) electrons. The average molecular weight is 476 g/mol. The molecule has 1 saturated heterocycles. The molecule has 0 aromatic heterocycles. The number of halogens is 1. The molecular weight excluding hydrogens is 443 g/mol. The lowest BCUT2D eigenvalue weighted by Gasteiger charge is -2.34. The van der Waals surface area contributed by atoms with E-state index in [-0.39, 0.29) is 30.0 Å². The molecule has 0 saturated carbocycles. The number of hydrogen-bond acceptors (Lipinski definition) is 4. The first kappa shape index (κ1) is 23.1. The zero-order chi connectivity index (χ0) is 17.9. The molecule has 1 atom stereocenters. The fourth-order valence-electron chi connectivity index (χ4n) is 2.99. The molecule has 1 aliphatic rings. The van der Waals surface area contributed by atoms with Crippen LogP contribution >= 0.6 is 24.0 Å². The Hall–Kier alpha value is -0.900. The summed E-state index contributed by atoms with van der Waals surface area (Å²) in [6.45, 7) is 10.6. The van der Waals surface area contributed by atoms with Gasteiger partial charge in [-0.1, -0.05) is 29.8 Å². The summed E-state index contributed by atoms with van der Waals surface area (Å²) in [6, 6.07) is 9.00. The van der Waals surface area contributed by atoms with Gasteiger partial charge in [-0.3, -0.25) is 9.89 Å². The molecule has 6 nitrogen and oxygen atoms in total. The predicted molar refractivity (Wildman–Crippen MR) is 118 cm³/mol. The summed E-state index contributed by atoms with van der Waals surface area (Å²) in [5, 5.41) is 6.62. The fraction of sp³-hybridized carbons (Fsp3) is 0.632. The van der Waals surface area contributed by atoms with Gasteiger partial charge in [-0.2, -0.15) is 0 Å². The molecule has 2 N–H and O–H groups in total. The van der Waals surface area contributed by atoms with E-state index in [0.29, 0.717) is 13.2 Å². The van der Waals surface area contributed by atoms with Gasteiger partial charge in [-0.15, -0.1) is 24.0 Å². The number of aryl methyl sites for hydroxylation is 1. The molecule has 148 valence electrons. The number of guanidine groups is 1. The Balaban J connectivity index is 0.00000338. The molecule has 1 heterocycles. The summed E-state index contributed by atoms with van der Waals surface area (Å²) in [7, 11) is 1.71. The van der Waals surface area contributed by atoms with Crippen LogP contribution in [0, 0.1) is 6.92 Å². The number of rotatable bonds is 8. The van der Waals surface area contributed by atoms with Crippen molar-refractivity contribution < 1.29 is 9.47 Å². The van der Waals surface area contributed by atoms with Crippen LogP contribution in [0.25, 0.3) is 0 Å². The predicted octanol–water partition coefficient (Wildman–Crippen LogP) is 2.19. The van der Waals surface area contributed by atoms with Crippen LogP contribution in [0.1, 0.15) is 24.1 Å². The largest absolute Gasteiger partial charge is 0.383 e. The second-order valence-corrected chi connectivity index (χ2v) is 6.22. The summed E-state index contributed by atoms with van der Waals surface area (Å²) in [5.41, 5.74) is 2.60. The lowest BCUT2D eigenvalue weighted by molar-refractivity contribution is 0.0179. The number of nitrogens with one attached hydrogen (secondary N) is 2. The number of hydrogen-bond donors (Lipinski definition) is 2. The van der Waals surface area contributed by atoms with Crippen molar-refractivity contribution in [1.82, 2.24) is 15.5 Å². The number of benzene rings is 1. The van der Waals surface area contributed by atoms with E-state index < -0.39 is 0 Å². The van der Waals surface area contributed by atoms with Gasteiger partial charge >= 0.3 is 0 Å². The van der Waals surface area contributed by atoms with Crippen molar-refractivity contribution in [2.75, 3.05) is 59.7 Å². The van der Waals surface area contributed by atoms with E-state index in [1.54, 1.807) is 7.11 Å². The highest BCUT2D eigenvalue weighted by atomic mass is 127. The van der Waals surface area contributed by atoms with Crippen molar-refractivity contribution in [3.8, 4) is 0 Å². The number of morpholine rings is 1. The number of methoxy groups -OCH3 is 1. The maximum Gasteiger partial charge on any atom is 0.191 e. The third-order valence-electron chi connectivity index (χ3n) is 4.28. The molecule has 7 heteroatoms. The quantitative estimate of drug-likeness (QED) is 0.261. The van der Waals surface area contributed by atoms with Crippen molar-refractivity contribution in [3.63, 3.8) is 0 Å². The summed E-state index contributed by atoms with van der Waals surface area (Å²) >= 11 is 0. The summed E-state index contributed by atoms with van der Waals surface area (Å²) in [5.74, 6) is 0.838. The van der Waals surface area contributed by atoms with E-state index in [4.69, 9.17) is 14.5 Å². The van der Waals surface area contributed by atoms with Crippen LogP contribution in [-0.2, 0) is 9.47 Å². The first-order valence-corrected chi connectivity index (χ1v) is 9.14. The molecule has 1 fully saturated rings. The normalized spacial score (nSPS) is 16.7. The molecule has 1 aliphatic heterocycles. The fourth-order valence-corrected chi connectivity index (χ4v) is 2.99. The summed E-state index contributed by atoms with van der Waals surface area (Å²) in [4.78, 5) is 7.30. The number of aliphatic imine (C=N–C) groups is 1. The number of nitrogens with zero attached hydrogens (tertiary/aromatic N) is 2. The highest BCUT2D eigenvalue weighted by Gasteiger charge is 2.22. The van der Waals surface area contributed by atoms with Gasteiger partial charge in [-0.25, -0.2) is 0 Å². The molecule has 1 aromatic carbocycles. The van der Waals surface area contributed by atoms with E-state index >= 15 is 0 Å². The SMILES string of the molecule is CCNC(=NCC(c1cccc(C)c1)N1CCOCC1)NCCOC.I. The third kappa shape index (κ3) is 7.77. The molecule has 0 aliphatic carbocycles. The van der Waals surface area contributed by atoms with Crippen LogP contribution in [-0.4, -0.2) is 70.5 Å². The molecule has 1 unspecified atom stereocenters. The van der Waals surface area contributed by atoms with Crippen LogP contribution in [0.2, 0.25) is 0 Å². The topological polar surface area (TPSA) is 58.1 Å². The van der Waals surface area contributed by atoms with Gasteiger partial charge in [0.2, 0.25) is 0 Å². The minimum absolute atomic E-state index is 0. The Kier molecular flexibility index (Phi) is 11.8. The molecular formula is C19H33IN4O2. The zero-order valence-corrected chi connectivity index (χ0v) is 18.5. The second kappa shape index (κ2) is 13.3. The highest BCUT2D eigenvalue weighted by Crippen LogP contribution is 2.23. The van der Waals surface area contributed by atoms with Crippen LogP contribution in [0.15, 0.2) is 29.3 Å². The van der Waals surface area contributed by atoms with Gasteiger partial charge in [0.05, 0.1) is 32.4 Å². The minimum atomic E-state index is 0. The molecule has 2 rings (SSSR count). The first-order valence-electron chi connectivity index (χ1n) is 9.14. The molecule has 26 heavy (non-hydrogen) atoms. The van der Waals surface area contributed by atoms with Crippen molar-refractivity contribution in [2.24, 2.45) is 4.99 Å². The van der Waals surface area contributed by atoms with Gasteiger partial charge in [0, 0.05) is 33.3 Å². The van der Waals surface area contributed by atoms with E-state index in [0.717, 1.165) is 45.4 Å². The Morgan fingerprint density at radius 2 is 2.08 bits per heavy atom. The number of ether oxygens (including phenoxy) is 2. The second-order valence-electron chi connectivity index (χ2n) is 6.22. The van der Waals surface area contributed by atoms with Crippen LogP contribution < -0.4 is 10.6 Å². The molecule has 0 bridgehead atoms. The third-order valence-corrected chi connectivity index (χ3v) is 4.28. The Morgan fingerprint density at radius 3 is 2.73 bits per heavy atom. The first-order chi connectivity index (χ1) is 12.2. The van der Waals surface area contributed by atoms with Crippen molar-refractivity contribution in [1.29, 1.82) is 0 Å². The average Bonchev–Trinajstić information content (AvgIpc) is 2.63. The van der Waals surface area contributed by atoms with Crippen LogP contribution in [0.3, 0.4) is 0 Å². The van der Waals surface area contributed by atoms with Gasteiger partial charge < -0.3 is 20.1 Å². The van der Waals surface area contributed by atoms with E-state index in [1.165, 1.54) is 11.1 Å². The van der Waals surface area contributed by atoms with E-state index in [2.05, 4.69) is 53.6 Å². The lowest BCUT2D eigenvalue weighted by atomic mass is 10.0. The monoisotopic (exact) mass is 476 g/mol. The van der Waals surface area contributed by atoms with Crippen LogP contribution in [0.4, 0.5) is 0 Å². The zero-order valence-electron chi connectivity index (χ0n) is 16.2. The van der Waals surface area contributed by atoms with Crippen molar-refractivity contribution in [2.45, 2.75) is 19.9 Å². The van der Waals surface area contributed by atoms with Crippen molar-refractivity contribution >= 4 is 29.9 Å². The van der Waals surface area contributed by atoms with E-state index in [1.807, 2.05) is 0 Å². The standard InChI is InChI=1S/C19H32N4O2.HI/c1-4-20-19(21-8-11-24-3)22-15-18(23-9-12-25-13-10-23)17-7-5-6-16(2)14-17;/h5-7,14,18H,4,8-13,15H2,1-3H3,(H2,20,21,22);1H. The van der Waals surface area contributed by atoms with Crippen molar-refractivity contribution in [3.05, 3.63) is 35.4 Å². The summed E-state index contributed by atoms with van der Waals surface area (Å²) < 4.78 is 10.6. The van der Waals surface area contributed by atoms with Crippen LogP contribution in [0.5, 0.6) is 0 Å². The smallest absolute Gasteiger partial charge is 0.191 e. The van der Waals surface area contributed by atoms with Gasteiger partial charge in [0.1, 0.15) is 0 Å². The van der Waals surface area contributed by atoms with Gasteiger partial charge in [0.15, 0.2) is 5.96 Å². The van der Waals surface area contributed by atoms with Gasteiger partial charge in [0.25, 0.3) is 0 Å². The minimum Gasteiger partial charge on any atom is -0.383 e. The van der Waals surface area contributed by atoms with E-state index in [9.17, 15) is 0 Å². The lowest BCUT2D eigenvalue weighted by Crippen LogP contribution is -2.42. The summed E-state index contributed by atoms with van der Waals surface area (Å²) in [6.07, 6.45) is 0.